The van der Waals surface area contributed by atoms with Crippen LogP contribution in [0, 0.1) is 0 Å². The van der Waals surface area contributed by atoms with E-state index in [1.165, 1.54) is 176 Å². The molecule has 18 aromatic carbocycles. The van der Waals surface area contributed by atoms with Crippen molar-refractivity contribution in [2.24, 2.45) is 0 Å². The Morgan fingerprint density at radius 3 is 0.796 bits per heavy atom. The van der Waals surface area contributed by atoms with Crippen LogP contribution in [0.5, 0.6) is 0 Å². The molecule has 2 aliphatic carbocycles. The van der Waals surface area contributed by atoms with Gasteiger partial charge in [-0.1, -0.05) is 291 Å². The number of para-hydroxylation sites is 4. The maximum atomic E-state index is 2.49. The van der Waals surface area contributed by atoms with Crippen LogP contribution in [0.25, 0.3) is 193 Å². The number of benzene rings is 18. The number of hydrogen-bond acceptors (Lipinski definition) is 1. The fraction of sp³-hybridized carbons (Fsp3) is 0. The predicted molar refractivity (Wildman–Crippen MR) is 456 cm³/mol. The number of rotatable bonds is 10. The molecule has 0 radical (unpaired) electrons. The van der Waals surface area contributed by atoms with Gasteiger partial charge in [0.2, 0.25) is 0 Å². The van der Waals surface area contributed by atoms with Crippen LogP contribution in [-0.2, 0) is 0 Å². The van der Waals surface area contributed by atoms with Crippen molar-refractivity contribution in [2.45, 2.75) is 0 Å². The lowest BCUT2D eigenvalue weighted by atomic mass is 9.90. The molecule has 3 heterocycles. The lowest BCUT2D eigenvalue weighted by Gasteiger charge is -2.25. The minimum atomic E-state index is 1.12. The van der Waals surface area contributed by atoms with Gasteiger partial charge in [-0.3, -0.25) is 0 Å². The molecule has 4 nitrogen and oxygen atoms in total. The van der Waals surface area contributed by atoms with Crippen molar-refractivity contribution in [1.82, 2.24) is 13.7 Å². The molecule has 0 fully saturated rings. The van der Waals surface area contributed by atoms with E-state index in [0.717, 1.165) is 34.1 Å². The largest absolute Gasteiger partial charge is 0.311 e. The fourth-order valence-corrected chi connectivity index (χ4v) is 18.1. The van der Waals surface area contributed by atoms with Crippen LogP contribution in [0.2, 0.25) is 0 Å². The maximum Gasteiger partial charge on any atom is 0.0554 e. The Kier molecular flexibility index (Phi) is 14.0. The summed E-state index contributed by atoms with van der Waals surface area (Å²) >= 11 is 0. The first-order chi connectivity index (χ1) is 53.6. The molecule has 2 aliphatic rings. The Hall–Kier alpha value is -14.3. The van der Waals surface area contributed by atoms with E-state index in [4.69, 9.17) is 0 Å². The highest BCUT2D eigenvalue weighted by atomic mass is 15.1. The normalized spacial score (nSPS) is 11.9. The SMILES string of the molecule is c1ccc(-c2cc3c4c5c(cccc25)-c2ccccc2-c2cccc(c24)n3-c2ccc(-c3ccc(-n4c5ccccc5c5ccccc54)cc3)cc2)cc1.c1ccc(-c2cc3c4c5c(cccc25)-c2ccccc2-c2cccc(c24)n3-c2ccc(-c3ccc(N(c4ccccc4)c4ccccc4)cc3)cc2)cc1. The molecule has 0 aliphatic heterocycles. The fourth-order valence-electron chi connectivity index (χ4n) is 18.1. The van der Waals surface area contributed by atoms with E-state index in [1.807, 2.05) is 0 Å². The average Bonchev–Trinajstić information content (AvgIpc) is 1.54. The molecule has 0 bridgehead atoms. The van der Waals surface area contributed by atoms with Crippen LogP contribution >= 0.6 is 0 Å². The zero-order valence-electron chi connectivity index (χ0n) is 58.9. The summed E-state index contributed by atoms with van der Waals surface area (Å²) in [4.78, 5) is 2.30. The van der Waals surface area contributed by atoms with Gasteiger partial charge in [-0.15, -0.1) is 0 Å². The van der Waals surface area contributed by atoms with Gasteiger partial charge >= 0.3 is 0 Å². The molecule has 21 aromatic rings. The minimum absolute atomic E-state index is 1.12. The van der Waals surface area contributed by atoms with Gasteiger partial charge in [0.25, 0.3) is 0 Å². The predicted octanol–water partition coefficient (Wildman–Crippen LogP) is 28.4. The number of hydrogen-bond donors (Lipinski definition) is 0. The van der Waals surface area contributed by atoms with Crippen molar-refractivity contribution >= 4 is 104 Å². The van der Waals surface area contributed by atoms with E-state index in [1.54, 1.807) is 0 Å². The smallest absolute Gasteiger partial charge is 0.0554 e. The molecular weight excluding hydrogens is 1310 g/mol. The van der Waals surface area contributed by atoms with E-state index < -0.39 is 0 Å². The molecule has 23 rings (SSSR count). The molecular formula is C104H66N4. The highest BCUT2D eigenvalue weighted by Gasteiger charge is 2.29. The molecule has 108 heavy (non-hydrogen) atoms. The summed E-state index contributed by atoms with van der Waals surface area (Å²) in [5.74, 6) is 0. The lowest BCUT2D eigenvalue weighted by molar-refractivity contribution is 1.18. The average molecular weight is 1370 g/mol. The van der Waals surface area contributed by atoms with Crippen LogP contribution in [0.4, 0.5) is 17.1 Å². The summed E-state index contributed by atoms with van der Waals surface area (Å²) in [7, 11) is 0. The third-order valence-corrected chi connectivity index (χ3v) is 22.8. The van der Waals surface area contributed by atoms with E-state index in [9.17, 15) is 0 Å². The maximum absolute atomic E-state index is 2.49. The summed E-state index contributed by atoms with van der Waals surface area (Å²) in [6.07, 6.45) is 0. The van der Waals surface area contributed by atoms with Gasteiger partial charge in [0, 0.05) is 77.2 Å². The van der Waals surface area contributed by atoms with E-state index >= 15 is 0 Å². The first-order valence-electron chi connectivity index (χ1n) is 37.3. The van der Waals surface area contributed by atoms with E-state index in [-0.39, 0.29) is 0 Å². The quantitative estimate of drug-likeness (QED) is 0.133. The second kappa shape index (κ2) is 24.7. The van der Waals surface area contributed by atoms with Gasteiger partial charge in [0.05, 0.1) is 33.1 Å². The van der Waals surface area contributed by atoms with Crippen LogP contribution in [0.15, 0.2) is 400 Å². The van der Waals surface area contributed by atoms with Crippen LogP contribution in [0.3, 0.4) is 0 Å². The van der Waals surface area contributed by atoms with Gasteiger partial charge in [-0.05, 0) is 209 Å². The van der Waals surface area contributed by atoms with Gasteiger partial charge in [0.15, 0.2) is 0 Å². The summed E-state index contributed by atoms with van der Waals surface area (Å²) in [5.41, 5.74) is 34.2. The molecule has 0 amide bonds. The molecule has 0 saturated carbocycles. The molecule has 4 heteroatoms. The highest BCUT2D eigenvalue weighted by Crippen LogP contribution is 2.54. The first-order valence-corrected chi connectivity index (χ1v) is 37.3. The molecule has 0 atom stereocenters. The van der Waals surface area contributed by atoms with Crippen LogP contribution < -0.4 is 4.90 Å². The van der Waals surface area contributed by atoms with Gasteiger partial charge in [-0.25, -0.2) is 0 Å². The van der Waals surface area contributed by atoms with Crippen molar-refractivity contribution in [1.29, 1.82) is 0 Å². The Morgan fingerprint density at radius 2 is 0.417 bits per heavy atom. The summed E-state index contributed by atoms with van der Waals surface area (Å²) < 4.78 is 7.34. The zero-order valence-corrected chi connectivity index (χ0v) is 58.9. The van der Waals surface area contributed by atoms with Crippen molar-refractivity contribution in [3.8, 4) is 106 Å². The summed E-state index contributed by atoms with van der Waals surface area (Å²) in [6, 6.07) is 146. The van der Waals surface area contributed by atoms with E-state index in [0.29, 0.717) is 0 Å². The molecule has 0 unspecified atom stereocenters. The number of aromatic nitrogens is 3. The third kappa shape index (κ3) is 9.50. The number of anilines is 3. The second-order valence-corrected chi connectivity index (χ2v) is 28.5. The Bertz CT molecular complexity index is 7060. The molecule has 0 saturated heterocycles. The van der Waals surface area contributed by atoms with Crippen LogP contribution in [0.1, 0.15) is 0 Å². The lowest BCUT2D eigenvalue weighted by Crippen LogP contribution is -2.09. The second-order valence-electron chi connectivity index (χ2n) is 28.5. The Morgan fingerprint density at radius 1 is 0.148 bits per heavy atom. The van der Waals surface area contributed by atoms with Gasteiger partial charge in [-0.2, -0.15) is 0 Å². The van der Waals surface area contributed by atoms with E-state index in [2.05, 4.69) is 419 Å². The summed E-state index contributed by atoms with van der Waals surface area (Å²) in [6.45, 7) is 0. The number of nitrogens with zero attached hydrogens (tertiary/aromatic N) is 4. The number of fused-ring (bicyclic) bond motifs is 9. The van der Waals surface area contributed by atoms with Gasteiger partial charge < -0.3 is 18.6 Å². The van der Waals surface area contributed by atoms with Crippen molar-refractivity contribution in [2.75, 3.05) is 4.90 Å². The van der Waals surface area contributed by atoms with Gasteiger partial charge in [0.1, 0.15) is 0 Å². The standard InChI is InChI=1S/C52H32N2.C52H34N2/c1-2-12-35(13-3-1)45-32-49-52-50-42(18-10-19-44(45)50)38-14-4-5-15-39(38)43-20-11-23-48(51(43)52)54(49)37-30-26-34(27-31-37)33-24-28-36(29-25-33)53-46-21-8-6-16-40(46)41-17-7-9-22-47(41)53;1-4-14-37(15-5-1)47-34-49-52-50-44(22-12-23-46(47)50)42-20-10-11-21-43(42)45-24-13-25-48(51(45)52)54(49)41-32-28-36(29-33-41)35-26-30-40(31-27-35)53(38-16-6-2-7-17-38)39-18-8-3-9-19-39/h1-32H;1-34H. The summed E-state index contributed by atoms with van der Waals surface area (Å²) in [5, 5.41) is 13.1. The third-order valence-electron chi connectivity index (χ3n) is 22.8. The van der Waals surface area contributed by atoms with Crippen molar-refractivity contribution in [3.05, 3.63) is 400 Å². The molecule has 0 spiro atoms. The molecule has 502 valence electrons. The highest BCUT2D eigenvalue weighted by molar-refractivity contribution is 6.34. The first kappa shape index (κ1) is 61.2. The molecule has 0 N–H and O–H groups in total. The Balaban J connectivity index is 0.000000134. The molecule has 3 aromatic heterocycles. The van der Waals surface area contributed by atoms with Crippen molar-refractivity contribution < 1.29 is 0 Å². The van der Waals surface area contributed by atoms with Crippen LogP contribution in [-0.4, -0.2) is 13.7 Å². The topological polar surface area (TPSA) is 18.0 Å². The van der Waals surface area contributed by atoms with Crippen molar-refractivity contribution in [3.63, 3.8) is 0 Å². The minimum Gasteiger partial charge on any atom is -0.311 e. The monoisotopic (exact) mass is 1370 g/mol. The Labute approximate surface area is 625 Å². The zero-order chi connectivity index (χ0) is 70.9.